The normalized spacial score (nSPS) is 17.8. The van der Waals surface area contributed by atoms with Crippen LogP contribution in [-0.4, -0.2) is 95.9 Å². The monoisotopic (exact) mass is 795 g/mol. The number of rotatable bonds is 22. The van der Waals surface area contributed by atoms with Crippen molar-refractivity contribution in [2.75, 3.05) is 27.2 Å². The van der Waals surface area contributed by atoms with E-state index in [4.69, 9.17) is 14.5 Å². The molecule has 0 spiro atoms. The lowest BCUT2D eigenvalue weighted by Gasteiger charge is -2.38. The molecule has 1 saturated heterocycles. The van der Waals surface area contributed by atoms with Crippen LogP contribution in [0.25, 0.3) is 0 Å². The minimum atomic E-state index is -0.824. The molecule has 0 bridgehead atoms. The molecular weight excluding hydrogens is 731 g/mol. The van der Waals surface area contributed by atoms with Gasteiger partial charge in [0.25, 0.3) is 5.91 Å². The van der Waals surface area contributed by atoms with E-state index in [9.17, 15) is 24.0 Å². The quantitative estimate of drug-likeness (QED) is 0.101. The first kappa shape index (κ1) is 46.3. The molecule has 2 N–H and O–H groups in total. The number of aromatic nitrogens is 1. The van der Waals surface area contributed by atoms with Crippen LogP contribution >= 0.6 is 11.3 Å². The number of carbonyl (C=O) groups excluding carboxylic acids is 5. The van der Waals surface area contributed by atoms with E-state index < -0.39 is 36.0 Å². The van der Waals surface area contributed by atoms with Crippen LogP contribution in [0.4, 0.5) is 0 Å². The molecule has 3 rings (SSSR count). The van der Waals surface area contributed by atoms with E-state index in [-0.39, 0.29) is 66.8 Å². The van der Waals surface area contributed by atoms with Gasteiger partial charge in [0.1, 0.15) is 23.4 Å². The molecule has 1 aliphatic rings. The first-order valence-electron chi connectivity index (χ1n) is 20.2. The number of likely N-dealkylation sites (N-methyl/N-ethyl adjacent to an activating group) is 2. The van der Waals surface area contributed by atoms with Gasteiger partial charge in [0, 0.05) is 37.4 Å². The van der Waals surface area contributed by atoms with Crippen LogP contribution < -0.4 is 10.6 Å². The highest BCUT2D eigenvalue weighted by Crippen LogP contribution is 2.31. The van der Waals surface area contributed by atoms with Gasteiger partial charge in [-0.3, -0.25) is 28.9 Å². The number of carbonyl (C=O) groups is 5. The molecule has 13 heteroatoms. The summed E-state index contributed by atoms with van der Waals surface area (Å²) < 4.78 is 11.3. The molecule has 1 aromatic carbocycles. The van der Waals surface area contributed by atoms with Crippen molar-refractivity contribution >= 4 is 41.0 Å². The summed E-state index contributed by atoms with van der Waals surface area (Å²) in [5.74, 6) is -2.15. The Balaban J connectivity index is 1.85. The van der Waals surface area contributed by atoms with E-state index in [1.54, 1.807) is 24.3 Å². The maximum atomic E-state index is 14.3. The molecule has 0 aliphatic carbocycles. The van der Waals surface area contributed by atoms with Crippen LogP contribution in [0.5, 0.6) is 0 Å². The van der Waals surface area contributed by atoms with Crippen molar-refractivity contribution < 1.29 is 33.4 Å². The molecule has 0 radical (unpaired) electrons. The minimum absolute atomic E-state index is 0.0456. The van der Waals surface area contributed by atoms with Crippen molar-refractivity contribution in [3.8, 4) is 0 Å². The van der Waals surface area contributed by atoms with E-state index in [1.165, 1.54) is 17.4 Å². The number of likely N-dealkylation sites (tertiary alicyclic amines) is 1. The smallest absolute Gasteiger partial charge is 0.309 e. The van der Waals surface area contributed by atoms with Crippen LogP contribution in [-0.2, 0) is 35.1 Å². The number of nitrogens with zero attached hydrogens (tertiary/aromatic N) is 3. The summed E-state index contributed by atoms with van der Waals surface area (Å²) >= 11 is 1.22. The average Bonchev–Trinajstić information content (AvgIpc) is 3.68. The predicted molar refractivity (Wildman–Crippen MR) is 220 cm³/mol. The molecule has 2 heterocycles. The standard InChI is InChI=1S/C43H65N5O7S/c1-10-18-37(49)55-36(26-35(28(4)5)48(9)42(52)38(29(6)12-3)46-40(51)34-21-16-17-22-47(34)8)41-45-33(27-56-41)39(50)44-32(25-31-19-14-13-15-20-31)24-30(7)43(53)54-23-11-2/h11,13-15,19-20,27-30,32,34-36,38H,2,10,12,16-18,21-26H2,1,3-9H3,(H,44,50)(H,46,51)/t29-,30-,32+,34?,35+,36+,38-/m0/s1. The summed E-state index contributed by atoms with van der Waals surface area (Å²) in [5.41, 5.74) is 1.17. The van der Waals surface area contributed by atoms with Crippen LogP contribution in [0.1, 0.15) is 120 Å². The molecule has 1 unspecified atom stereocenters. The van der Waals surface area contributed by atoms with Crippen molar-refractivity contribution in [3.63, 3.8) is 0 Å². The number of thiazole rings is 1. The van der Waals surface area contributed by atoms with Crippen LogP contribution in [0.3, 0.4) is 0 Å². The van der Waals surface area contributed by atoms with Gasteiger partial charge in [-0.05, 0) is 63.1 Å². The lowest BCUT2D eigenvalue weighted by Crippen LogP contribution is -2.58. The van der Waals surface area contributed by atoms with Gasteiger partial charge in [-0.2, -0.15) is 0 Å². The minimum Gasteiger partial charge on any atom is -0.461 e. The SMILES string of the molecule is C=CCOC(=O)[C@@H](C)C[C@H](Cc1ccccc1)NC(=O)c1csc([C@@H](C[C@H](C(C)C)N(C)C(=O)[C@@H](NC(=O)C2CCCCN2C)[C@@H](C)CC)OC(=O)CCC)n1. The Bertz CT molecular complexity index is 1580. The number of esters is 2. The molecule has 3 amide bonds. The Morgan fingerprint density at radius 1 is 1.05 bits per heavy atom. The summed E-state index contributed by atoms with van der Waals surface area (Å²) in [4.78, 5) is 75.6. The zero-order chi connectivity index (χ0) is 41.4. The third kappa shape index (κ3) is 13.8. The van der Waals surface area contributed by atoms with Crippen molar-refractivity contribution in [3.05, 3.63) is 64.6 Å². The van der Waals surface area contributed by atoms with E-state index in [2.05, 4.69) is 22.1 Å². The second kappa shape index (κ2) is 23.2. The fourth-order valence-corrected chi connectivity index (χ4v) is 7.98. The first-order valence-corrected chi connectivity index (χ1v) is 21.1. The fraction of sp³-hybridized carbons (Fsp3) is 0.628. The summed E-state index contributed by atoms with van der Waals surface area (Å²) in [7, 11) is 3.69. The number of nitrogens with one attached hydrogen (secondary N) is 2. The first-order chi connectivity index (χ1) is 26.7. The maximum Gasteiger partial charge on any atom is 0.309 e. The lowest BCUT2D eigenvalue weighted by molar-refractivity contribution is -0.152. The van der Waals surface area contributed by atoms with Gasteiger partial charge in [-0.1, -0.05) is 97.4 Å². The van der Waals surface area contributed by atoms with Crippen LogP contribution in [0.15, 0.2) is 48.4 Å². The summed E-state index contributed by atoms with van der Waals surface area (Å²) in [6.45, 7) is 16.2. The van der Waals surface area contributed by atoms with E-state index in [0.29, 0.717) is 30.7 Å². The third-order valence-corrected chi connectivity index (χ3v) is 11.7. The number of benzene rings is 1. The Hall–Kier alpha value is -4.10. The van der Waals surface area contributed by atoms with Gasteiger partial charge in [0.2, 0.25) is 11.8 Å². The van der Waals surface area contributed by atoms with Crippen LogP contribution in [0.2, 0.25) is 0 Å². The van der Waals surface area contributed by atoms with Gasteiger partial charge in [0.05, 0.1) is 12.0 Å². The van der Waals surface area contributed by atoms with Crippen molar-refractivity contribution in [2.45, 2.75) is 130 Å². The molecule has 56 heavy (non-hydrogen) atoms. The van der Waals surface area contributed by atoms with Gasteiger partial charge in [0.15, 0.2) is 6.10 Å². The largest absolute Gasteiger partial charge is 0.461 e. The highest BCUT2D eigenvalue weighted by molar-refractivity contribution is 7.09. The molecular formula is C43H65N5O7S. The molecule has 310 valence electrons. The molecule has 7 atom stereocenters. The second-order valence-corrected chi connectivity index (χ2v) is 16.5. The van der Waals surface area contributed by atoms with Gasteiger partial charge < -0.3 is 25.0 Å². The molecule has 0 saturated carbocycles. The number of hydrogen-bond donors (Lipinski definition) is 2. The Labute approximate surface area is 338 Å². The summed E-state index contributed by atoms with van der Waals surface area (Å²) in [6, 6.07) is 7.93. The topological polar surface area (TPSA) is 147 Å². The molecule has 2 aromatic rings. The van der Waals surface area contributed by atoms with Crippen molar-refractivity contribution in [2.24, 2.45) is 17.8 Å². The predicted octanol–water partition coefficient (Wildman–Crippen LogP) is 6.51. The van der Waals surface area contributed by atoms with Crippen LogP contribution in [0, 0.1) is 17.8 Å². The Kier molecular flexibility index (Phi) is 19.2. The molecule has 1 fully saturated rings. The highest BCUT2D eigenvalue weighted by Gasteiger charge is 2.37. The maximum absolute atomic E-state index is 14.3. The fourth-order valence-electron chi connectivity index (χ4n) is 7.14. The zero-order valence-electron chi connectivity index (χ0n) is 34.8. The molecule has 12 nitrogen and oxygen atoms in total. The van der Waals surface area contributed by atoms with Crippen molar-refractivity contribution in [1.29, 1.82) is 0 Å². The number of amides is 3. The summed E-state index contributed by atoms with van der Waals surface area (Å²) in [5, 5.41) is 8.27. The summed E-state index contributed by atoms with van der Waals surface area (Å²) in [6.07, 6.45) is 6.05. The molecule has 1 aliphatic heterocycles. The Morgan fingerprint density at radius 2 is 1.77 bits per heavy atom. The zero-order valence-corrected chi connectivity index (χ0v) is 35.6. The third-order valence-electron chi connectivity index (χ3n) is 10.7. The van der Waals surface area contributed by atoms with E-state index in [0.717, 1.165) is 31.4 Å². The highest BCUT2D eigenvalue weighted by atomic mass is 32.1. The second-order valence-electron chi connectivity index (χ2n) is 15.6. The average molecular weight is 796 g/mol. The van der Waals surface area contributed by atoms with E-state index >= 15 is 0 Å². The number of hydrogen-bond acceptors (Lipinski definition) is 10. The number of piperidine rings is 1. The van der Waals surface area contributed by atoms with E-state index in [1.807, 2.05) is 72.0 Å². The number of ether oxygens (including phenoxy) is 2. The van der Waals surface area contributed by atoms with Gasteiger partial charge in [-0.25, -0.2) is 4.98 Å². The van der Waals surface area contributed by atoms with Gasteiger partial charge in [-0.15, -0.1) is 11.3 Å². The van der Waals surface area contributed by atoms with Crippen molar-refractivity contribution in [1.82, 2.24) is 25.4 Å². The Morgan fingerprint density at radius 3 is 2.39 bits per heavy atom. The molecule has 1 aromatic heterocycles. The lowest BCUT2D eigenvalue weighted by atomic mass is 9.92. The van der Waals surface area contributed by atoms with Gasteiger partial charge >= 0.3 is 11.9 Å².